The average molecular weight is 290 g/mol. The van der Waals surface area contributed by atoms with Crippen LogP contribution in [0.15, 0.2) is 48.7 Å². The highest BCUT2D eigenvalue weighted by molar-refractivity contribution is 6.41. The highest BCUT2D eigenvalue weighted by atomic mass is 35.5. The number of amides is 2. The normalized spacial score (nSPS) is 9.85. The van der Waals surface area contributed by atoms with E-state index >= 15 is 0 Å². The number of hydrogen-bond donors (Lipinski definition) is 2. The molecule has 0 aliphatic rings. The van der Waals surface area contributed by atoms with Crippen LogP contribution in [0.1, 0.15) is 5.56 Å². The zero-order valence-corrected chi connectivity index (χ0v) is 11.2. The van der Waals surface area contributed by atoms with E-state index in [0.29, 0.717) is 5.69 Å². The summed E-state index contributed by atoms with van der Waals surface area (Å²) in [6, 6.07) is 12.5. The molecule has 0 unspecified atom stereocenters. The number of pyridine rings is 1. The Morgan fingerprint density at radius 1 is 1.05 bits per heavy atom. The molecule has 20 heavy (non-hydrogen) atoms. The van der Waals surface area contributed by atoms with Gasteiger partial charge >= 0.3 is 11.8 Å². The van der Waals surface area contributed by atoms with Crippen LogP contribution < -0.4 is 10.6 Å². The summed E-state index contributed by atoms with van der Waals surface area (Å²) in [6.45, 7) is 0.286. The summed E-state index contributed by atoms with van der Waals surface area (Å²) in [6.07, 6.45) is 1.49. The lowest BCUT2D eigenvalue weighted by molar-refractivity contribution is -0.136. The summed E-state index contributed by atoms with van der Waals surface area (Å²) in [5.41, 5.74) is 1.21. The van der Waals surface area contributed by atoms with Crippen LogP contribution in [0.4, 0.5) is 5.69 Å². The summed E-state index contributed by atoms with van der Waals surface area (Å²) in [7, 11) is 0. The van der Waals surface area contributed by atoms with Gasteiger partial charge in [0.2, 0.25) is 0 Å². The Bertz CT molecular complexity index is 617. The first kappa shape index (κ1) is 14.0. The van der Waals surface area contributed by atoms with E-state index in [2.05, 4.69) is 15.6 Å². The first-order valence-electron chi connectivity index (χ1n) is 5.90. The van der Waals surface area contributed by atoms with Crippen molar-refractivity contribution in [3.8, 4) is 0 Å². The Hall–Kier alpha value is -2.40. The maximum atomic E-state index is 11.7. The lowest BCUT2D eigenvalue weighted by Crippen LogP contribution is -2.35. The van der Waals surface area contributed by atoms with Crippen LogP contribution in [0.5, 0.6) is 0 Å². The number of nitrogens with zero attached hydrogens (tertiary/aromatic N) is 1. The number of carbonyl (C=O) groups excluding carboxylic acids is 2. The van der Waals surface area contributed by atoms with Gasteiger partial charge in [-0.3, -0.25) is 9.59 Å². The average Bonchev–Trinajstić information content (AvgIpc) is 2.48. The molecule has 0 atom stereocenters. The molecular weight excluding hydrogens is 278 g/mol. The quantitative estimate of drug-likeness (QED) is 0.670. The monoisotopic (exact) mass is 289 g/mol. The Kier molecular flexibility index (Phi) is 4.68. The standard InChI is InChI=1S/C14H12ClN3O2/c15-12-11(7-4-8-16-12)18-14(20)13(19)17-9-10-5-2-1-3-6-10/h1-8H,9H2,(H,17,19)(H,18,20). The number of rotatable bonds is 3. The molecule has 1 aromatic carbocycles. The van der Waals surface area contributed by atoms with Crippen LogP contribution in [0.2, 0.25) is 5.15 Å². The molecular formula is C14H12ClN3O2. The van der Waals surface area contributed by atoms with Crippen molar-refractivity contribution in [1.29, 1.82) is 0 Å². The molecule has 0 aliphatic carbocycles. The van der Waals surface area contributed by atoms with E-state index in [9.17, 15) is 9.59 Å². The van der Waals surface area contributed by atoms with E-state index < -0.39 is 11.8 Å². The van der Waals surface area contributed by atoms with Crippen LogP contribution in [-0.2, 0) is 16.1 Å². The lowest BCUT2D eigenvalue weighted by atomic mass is 10.2. The van der Waals surface area contributed by atoms with E-state index in [4.69, 9.17) is 11.6 Å². The van der Waals surface area contributed by atoms with E-state index in [0.717, 1.165) is 5.56 Å². The van der Waals surface area contributed by atoms with Gasteiger partial charge in [0.1, 0.15) is 0 Å². The SMILES string of the molecule is O=C(NCc1ccccc1)C(=O)Nc1cccnc1Cl. The first-order valence-corrected chi connectivity index (χ1v) is 6.28. The Labute approximate surface area is 121 Å². The third-order valence-corrected chi connectivity index (χ3v) is 2.81. The van der Waals surface area contributed by atoms with E-state index in [-0.39, 0.29) is 11.7 Å². The second kappa shape index (κ2) is 6.68. The van der Waals surface area contributed by atoms with Gasteiger partial charge in [-0.1, -0.05) is 41.9 Å². The summed E-state index contributed by atoms with van der Waals surface area (Å²) >= 11 is 5.79. The number of benzene rings is 1. The summed E-state index contributed by atoms with van der Waals surface area (Å²) in [5, 5.41) is 5.06. The van der Waals surface area contributed by atoms with Crippen molar-refractivity contribution in [2.75, 3.05) is 5.32 Å². The minimum atomic E-state index is -0.782. The van der Waals surface area contributed by atoms with E-state index in [1.807, 2.05) is 30.3 Å². The second-order valence-corrected chi connectivity index (χ2v) is 4.32. The minimum Gasteiger partial charge on any atom is -0.344 e. The number of carbonyl (C=O) groups is 2. The molecule has 1 aromatic heterocycles. The molecule has 0 fully saturated rings. The second-order valence-electron chi connectivity index (χ2n) is 3.96. The molecule has 0 radical (unpaired) electrons. The number of anilines is 1. The van der Waals surface area contributed by atoms with Crippen molar-refractivity contribution >= 4 is 29.1 Å². The van der Waals surface area contributed by atoms with Crippen LogP contribution >= 0.6 is 11.6 Å². The molecule has 102 valence electrons. The molecule has 0 saturated heterocycles. The summed E-state index contributed by atoms with van der Waals surface area (Å²) in [5.74, 6) is -1.51. The van der Waals surface area contributed by atoms with Crippen molar-refractivity contribution < 1.29 is 9.59 Å². The van der Waals surface area contributed by atoms with Gasteiger partial charge in [-0.2, -0.15) is 0 Å². The fraction of sp³-hybridized carbons (Fsp3) is 0.0714. The van der Waals surface area contributed by atoms with Crippen molar-refractivity contribution in [1.82, 2.24) is 10.3 Å². The van der Waals surface area contributed by atoms with Crippen LogP contribution in [0.3, 0.4) is 0 Å². The molecule has 6 heteroatoms. The molecule has 1 heterocycles. The van der Waals surface area contributed by atoms with Crippen LogP contribution in [0.25, 0.3) is 0 Å². The van der Waals surface area contributed by atoms with Crippen molar-refractivity contribution in [3.63, 3.8) is 0 Å². The van der Waals surface area contributed by atoms with E-state index in [1.165, 1.54) is 6.20 Å². The zero-order valence-electron chi connectivity index (χ0n) is 10.5. The van der Waals surface area contributed by atoms with Crippen LogP contribution in [-0.4, -0.2) is 16.8 Å². The third kappa shape index (κ3) is 3.80. The fourth-order valence-corrected chi connectivity index (χ4v) is 1.68. The first-order chi connectivity index (χ1) is 9.66. The fourth-order valence-electron chi connectivity index (χ4n) is 1.52. The number of hydrogen-bond acceptors (Lipinski definition) is 3. The third-order valence-electron chi connectivity index (χ3n) is 2.51. The maximum absolute atomic E-state index is 11.7. The van der Waals surface area contributed by atoms with Gasteiger partial charge in [-0.05, 0) is 17.7 Å². The zero-order chi connectivity index (χ0) is 14.4. The van der Waals surface area contributed by atoms with Gasteiger partial charge < -0.3 is 10.6 Å². The molecule has 0 spiro atoms. The molecule has 5 nitrogen and oxygen atoms in total. The predicted molar refractivity (Wildman–Crippen MR) is 76.2 cm³/mol. The van der Waals surface area contributed by atoms with Gasteiger partial charge in [-0.25, -0.2) is 4.98 Å². The molecule has 0 aliphatic heterocycles. The molecule has 2 aromatic rings. The van der Waals surface area contributed by atoms with Gasteiger partial charge in [0.05, 0.1) is 5.69 Å². The smallest absolute Gasteiger partial charge is 0.313 e. The number of halogens is 1. The molecule has 2 rings (SSSR count). The Morgan fingerprint density at radius 3 is 2.50 bits per heavy atom. The Balaban J connectivity index is 1.90. The number of nitrogens with one attached hydrogen (secondary N) is 2. The maximum Gasteiger partial charge on any atom is 0.313 e. The summed E-state index contributed by atoms with van der Waals surface area (Å²) in [4.78, 5) is 27.1. The number of aromatic nitrogens is 1. The van der Waals surface area contributed by atoms with Crippen molar-refractivity contribution in [2.45, 2.75) is 6.54 Å². The molecule has 0 bridgehead atoms. The van der Waals surface area contributed by atoms with Crippen molar-refractivity contribution in [3.05, 3.63) is 59.4 Å². The topological polar surface area (TPSA) is 71.1 Å². The van der Waals surface area contributed by atoms with Gasteiger partial charge in [0.25, 0.3) is 0 Å². The lowest BCUT2D eigenvalue weighted by Gasteiger charge is -2.07. The largest absolute Gasteiger partial charge is 0.344 e. The van der Waals surface area contributed by atoms with Gasteiger partial charge in [0.15, 0.2) is 5.15 Å². The predicted octanol–water partition coefficient (Wildman–Crippen LogP) is 1.99. The van der Waals surface area contributed by atoms with E-state index in [1.54, 1.807) is 12.1 Å². The van der Waals surface area contributed by atoms with Crippen LogP contribution in [0, 0.1) is 0 Å². The highest BCUT2D eigenvalue weighted by Gasteiger charge is 2.14. The Morgan fingerprint density at radius 2 is 1.80 bits per heavy atom. The van der Waals surface area contributed by atoms with Crippen molar-refractivity contribution in [2.24, 2.45) is 0 Å². The molecule has 0 saturated carbocycles. The van der Waals surface area contributed by atoms with Gasteiger partial charge in [0, 0.05) is 12.7 Å². The molecule has 2 N–H and O–H groups in total. The highest BCUT2D eigenvalue weighted by Crippen LogP contribution is 2.16. The molecule has 2 amide bonds. The van der Waals surface area contributed by atoms with Gasteiger partial charge in [-0.15, -0.1) is 0 Å². The summed E-state index contributed by atoms with van der Waals surface area (Å²) < 4.78 is 0. The minimum absolute atomic E-state index is 0.136.